The summed E-state index contributed by atoms with van der Waals surface area (Å²) in [4.78, 5) is 17.9. The lowest BCUT2D eigenvalue weighted by Gasteiger charge is -2.37. The third kappa shape index (κ3) is 6.06. The minimum absolute atomic E-state index is 0.106. The molecule has 2 saturated heterocycles. The van der Waals surface area contributed by atoms with Gasteiger partial charge in [-0.1, -0.05) is 6.07 Å². The lowest BCUT2D eigenvalue weighted by atomic mass is 9.92. The number of alkyl halides is 3. The first-order valence-corrected chi connectivity index (χ1v) is 13.0. The van der Waals surface area contributed by atoms with Crippen molar-refractivity contribution in [2.75, 3.05) is 65.4 Å². The number of sulfonamides is 1. The highest BCUT2D eigenvalue weighted by Crippen LogP contribution is 2.26. The zero-order valence-electron chi connectivity index (χ0n) is 18.7. The summed E-state index contributed by atoms with van der Waals surface area (Å²) in [6, 6.07) is 5.42. The van der Waals surface area contributed by atoms with Gasteiger partial charge in [0.1, 0.15) is 0 Å². The number of halogens is 3. The monoisotopic (exact) mass is 488 g/mol. The van der Waals surface area contributed by atoms with E-state index in [0.29, 0.717) is 31.1 Å². The molecule has 0 N–H and O–H groups in total. The molecule has 33 heavy (non-hydrogen) atoms. The van der Waals surface area contributed by atoms with Crippen molar-refractivity contribution in [2.24, 2.45) is 0 Å². The molecule has 1 amide bonds. The standard InChI is InChI=1S/C22H31F3N4O3S/c23-22(24,25)17-27-9-7-26(8-10-27)16-21(30)28-11-13-29(14-12-28)33(31,32)20-6-5-18-3-1-2-4-19(18)15-20/h5-6,15H,1-4,7-14,16-17H2. The van der Waals surface area contributed by atoms with Crippen LogP contribution in [0.3, 0.4) is 0 Å². The second kappa shape index (κ2) is 9.89. The Labute approximate surface area is 193 Å². The highest BCUT2D eigenvalue weighted by atomic mass is 32.2. The predicted octanol–water partition coefficient (Wildman–Crippen LogP) is 1.58. The van der Waals surface area contributed by atoms with Crippen LogP contribution in [0, 0.1) is 0 Å². The van der Waals surface area contributed by atoms with E-state index >= 15 is 0 Å². The summed E-state index contributed by atoms with van der Waals surface area (Å²) in [5, 5.41) is 0. The zero-order chi connectivity index (χ0) is 23.6. The van der Waals surface area contributed by atoms with E-state index in [9.17, 15) is 26.4 Å². The number of benzene rings is 1. The fourth-order valence-corrected chi connectivity index (χ4v) is 6.32. The van der Waals surface area contributed by atoms with Gasteiger partial charge in [-0.3, -0.25) is 14.6 Å². The molecule has 1 aliphatic carbocycles. The Kier molecular flexibility index (Phi) is 7.32. The third-order valence-electron chi connectivity index (χ3n) is 6.78. The largest absolute Gasteiger partial charge is 0.401 e. The molecule has 2 fully saturated rings. The fourth-order valence-electron chi connectivity index (χ4n) is 4.85. The smallest absolute Gasteiger partial charge is 0.339 e. The summed E-state index contributed by atoms with van der Waals surface area (Å²) in [6.07, 6.45) is -0.0939. The lowest BCUT2D eigenvalue weighted by molar-refractivity contribution is -0.150. The summed E-state index contributed by atoms with van der Waals surface area (Å²) in [6.45, 7) is 1.72. The fraction of sp³-hybridized carbons (Fsp3) is 0.682. The van der Waals surface area contributed by atoms with Gasteiger partial charge in [0.2, 0.25) is 15.9 Å². The van der Waals surface area contributed by atoms with Crippen molar-refractivity contribution in [1.82, 2.24) is 19.0 Å². The Bertz CT molecular complexity index is 954. The summed E-state index contributed by atoms with van der Waals surface area (Å²) in [5.41, 5.74) is 2.35. The predicted molar refractivity (Wildman–Crippen MR) is 117 cm³/mol. The van der Waals surface area contributed by atoms with Gasteiger partial charge in [0.05, 0.1) is 18.0 Å². The Morgan fingerprint density at radius 1 is 0.848 bits per heavy atom. The number of hydrogen-bond acceptors (Lipinski definition) is 5. The molecule has 7 nitrogen and oxygen atoms in total. The molecule has 0 bridgehead atoms. The van der Waals surface area contributed by atoms with E-state index < -0.39 is 22.7 Å². The van der Waals surface area contributed by atoms with Crippen molar-refractivity contribution in [3.63, 3.8) is 0 Å². The molecule has 0 unspecified atom stereocenters. The van der Waals surface area contributed by atoms with E-state index in [-0.39, 0.29) is 38.6 Å². The van der Waals surface area contributed by atoms with Crippen molar-refractivity contribution in [3.05, 3.63) is 29.3 Å². The van der Waals surface area contributed by atoms with Crippen molar-refractivity contribution in [1.29, 1.82) is 0 Å². The highest BCUT2D eigenvalue weighted by Gasteiger charge is 2.34. The first kappa shape index (κ1) is 24.4. The van der Waals surface area contributed by atoms with Gasteiger partial charge >= 0.3 is 6.18 Å². The van der Waals surface area contributed by atoms with E-state index in [2.05, 4.69) is 0 Å². The first-order valence-electron chi connectivity index (χ1n) is 11.5. The molecule has 2 heterocycles. The van der Waals surface area contributed by atoms with Gasteiger partial charge in [-0.05, 0) is 48.9 Å². The topological polar surface area (TPSA) is 64.2 Å². The van der Waals surface area contributed by atoms with Crippen LogP contribution in [0.1, 0.15) is 24.0 Å². The quantitative estimate of drug-likeness (QED) is 0.630. The maximum atomic E-state index is 13.1. The highest BCUT2D eigenvalue weighted by molar-refractivity contribution is 7.89. The molecule has 0 atom stereocenters. The van der Waals surface area contributed by atoms with Crippen LogP contribution >= 0.6 is 0 Å². The van der Waals surface area contributed by atoms with Crippen molar-refractivity contribution < 1.29 is 26.4 Å². The van der Waals surface area contributed by atoms with E-state index in [0.717, 1.165) is 31.2 Å². The number of carbonyl (C=O) groups is 1. The normalized spacial score (nSPS) is 21.7. The van der Waals surface area contributed by atoms with Crippen LogP contribution in [0.5, 0.6) is 0 Å². The number of amides is 1. The first-order chi connectivity index (χ1) is 15.6. The molecule has 11 heteroatoms. The van der Waals surface area contributed by atoms with Crippen LogP contribution in [-0.4, -0.2) is 105 Å². The molecule has 3 aliphatic rings. The van der Waals surface area contributed by atoms with Crippen LogP contribution in [0.2, 0.25) is 0 Å². The van der Waals surface area contributed by atoms with E-state index in [1.54, 1.807) is 17.0 Å². The number of hydrogen-bond donors (Lipinski definition) is 0. The Morgan fingerprint density at radius 2 is 1.45 bits per heavy atom. The Hall–Kier alpha value is -1.69. The summed E-state index contributed by atoms with van der Waals surface area (Å²) < 4.78 is 65.3. The van der Waals surface area contributed by atoms with E-state index in [1.807, 2.05) is 11.0 Å². The average molecular weight is 489 g/mol. The molecule has 1 aromatic carbocycles. The van der Waals surface area contributed by atoms with Crippen molar-refractivity contribution >= 4 is 15.9 Å². The molecule has 0 aromatic heterocycles. The summed E-state index contributed by atoms with van der Waals surface area (Å²) in [7, 11) is -3.61. The number of nitrogens with zero attached hydrogens (tertiary/aromatic N) is 4. The Morgan fingerprint density at radius 3 is 2.09 bits per heavy atom. The van der Waals surface area contributed by atoms with E-state index in [1.165, 1.54) is 14.8 Å². The molecule has 0 spiro atoms. The van der Waals surface area contributed by atoms with Crippen LogP contribution < -0.4 is 0 Å². The zero-order valence-corrected chi connectivity index (χ0v) is 19.5. The van der Waals surface area contributed by atoms with Crippen LogP contribution in [0.15, 0.2) is 23.1 Å². The van der Waals surface area contributed by atoms with Crippen LogP contribution in [0.25, 0.3) is 0 Å². The van der Waals surface area contributed by atoms with Gasteiger partial charge in [-0.2, -0.15) is 17.5 Å². The number of carbonyl (C=O) groups excluding carboxylic acids is 1. The minimum Gasteiger partial charge on any atom is -0.339 e. The molecule has 0 radical (unpaired) electrons. The number of fused-ring (bicyclic) bond motifs is 1. The maximum absolute atomic E-state index is 13.1. The molecule has 4 rings (SSSR count). The molecule has 2 aliphatic heterocycles. The SMILES string of the molecule is O=C(CN1CCN(CC(F)(F)F)CC1)N1CCN(S(=O)(=O)c2ccc3c(c2)CCCC3)CC1. The van der Waals surface area contributed by atoms with Gasteiger partial charge in [0, 0.05) is 52.4 Å². The molecule has 0 saturated carbocycles. The Balaban J connectivity index is 1.27. The van der Waals surface area contributed by atoms with Gasteiger partial charge in [0.15, 0.2) is 0 Å². The molecular formula is C22H31F3N4O3S. The van der Waals surface area contributed by atoms with Crippen LogP contribution in [0.4, 0.5) is 13.2 Å². The van der Waals surface area contributed by atoms with Gasteiger partial charge < -0.3 is 4.90 Å². The maximum Gasteiger partial charge on any atom is 0.401 e. The summed E-state index contributed by atoms with van der Waals surface area (Å²) in [5.74, 6) is -0.106. The number of piperazine rings is 2. The molecular weight excluding hydrogens is 457 g/mol. The average Bonchev–Trinajstić information content (AvgIpc) is 2.79. The molecule has 184 valence electrons. The van der Waals surface area contributed by atoms with Crippen LogP contribution in [-0.2, 0) is 27.7 Å². The molecule has 1 aromatic rings. The number of rotatable bonds is 5. The lowest BCUT2D eigenvalue weighted by Crippen LogP contribution is -2.55. The minimum atomic E-state index is -4.21. The number of aryl methyl sites for hydroxylation is 2. The van der Waals surface area contributed by atoms with Gasteiger partial charge in [0.25, 0.3) is 0 Å². The summed E-state index contributed by atoms with van der Waals surface area (Å²) >= 11 is 0. The second-order valence-electron chi connectivity index (χ2n) is 9.09. The van der Waals surface area contributed by atoms with Gasteiger partial charge in [-0.25, -0.2) is 8.42 Å². The second-order valence-corrected chi connectivity index (χ2v) is 11.0. The van der Waals surface area contributed by atoms with E-state index in [4.69, 9.17) is 0 Å². The van der Waals surface area contributed by atoms with Crippen molar-refractivity contribution in [2.45, 2.75) is 36.8 Å². The van der Waals surface area contributed by atoms with Crippen molar-refractivity contribution in [3.8, 4) is 0 Å². The third-order valence-corrected chi connectivity index (χ3v) is 8.67. The van der Waals surface area contributed by atoms with Gasteiger partial charge in [-0.15, -0.1) is 0 Å².